The monoisotopic (exact) mass is 871 g/mol. The number of hydrogen-bond donors (Lipinski definition) is 3. The van der Waals surface area contributed by atoms with Gasteiger partial charge in [-0.3, -0.25) is 48.5 Å². The average molecular weight is 872 g/mol. The zero-order valence-electron chi connectivity index (χ0n) is 35.7. The van der Waals surface area contributed by atoms with Crippen LogP contribution in [-0.2, 0) is 27.4 Å². The standard InChI is InChI=1S/C44H49N13O7/c1-26-34-23-47-44(50-39(34)56(30-5-3-4-6-30)43(63)38(26)27(2)58)48-36-11-8-31(22-46-36)54-16-14-53(15-17-54)24-29-25-55(52-51-29)18-20-64-19-13-45-28-7-9-32-33(21-28)42(62)57(41(32)61)35-10-12-37(59)49-40(35)60/h7-9,11,21-23,25,30,35,45H,3-6,10,12-20,24H2,1-2H3,(H,49,59,60)(H,46,47,48,50). The van der Waals surface area contributed by atoms with Gasteiger partial charge in [-0.25, -0.2) is 14.6 Å². The molecule has 20 nitrogen and oxygen atoms in total. The summed E-state index contributed by atoms with van der Waals surface area (Å²) >= 11 is 0. The van der Waals surface area contributed by atoms with Crippen molar-refractivity contribution in [2.75, 3.05) is 61.5 Å². The lowest BCUT2D eigenvalue weighted by molar-refractivity contribution is -0.136. The van der Waals surface area contributed by atoms with Crippen LogP contribution in [0.4, 0.5) is 23.1 Å². The number of rotatable bonds is 15. The van der Waals surface area contributed by atoms with Gasteiger partial charge in [-0.15, -0.1) is 5.10 Å². The molecule has 4 aliphatic rings. The molecule has 2 saturated heterocycles. The molecule has 5 aromatic rings. The first kappa shape index (κ1) is 42.4. The second kappa shape index (κ2) is 18.0. The van der Waals surface area contributed by atoms with Crippen LogP contribution >= 0.6 is 0 Å². The Hall–Kier alpha value is -6.93. The van der Waals surface area contributed by atoms with Crippen LogP contribution in [0, 0.1) is 6.92 Å². The number of carbonyl (C=O) groups is 5. The van der Waals surface area contributed by atoms with Crippen molar-refractivity contribution in [3.8, 4) is 0 Å². The van der Waals surface area contributed by atoms with E-state index in [2.05, 4.69) is 46.0 Å². The lowest BCUT2D eigenvalue weighted by Crippen LogP contribution is -2.54. The van der Waals surface area contributed by atoms with E-state index in [0.29, 0.717) is 66.9 Å². The van der Waals surface area contributed by atoms with Crippen molar-refractivity contribution in [1.82, 2.24) is 49.6 Å². The predicted molar refractivity (Wildman–Crippen MR) is 233 cm³/mol. The quantitative estimate of drug-likeness (QED) is 0.0780. The van der Waals surface area contributed by atoms with Gasteiger partial charge in [0.2, 0.25) is 17.8 Å². The summed E-state index contributed by atoms with van der Waals surface area (Å²) in [5, 5.41) is 18.0. The number of hydrogen-bond acceptors (Lipinski definition) is 16. The molecule has 9 rings (SSSR count). The summed E-state index contributed by atoms with van der Waals surface area (Å²) in [6.07, 6.45) is 9.43. The maximum atomic E-state index is 13.6. The third-order valence-corrected chi connectivity index (χ3v) is 12.4. The van der Waals surface area contributed by atoms with E-state index < -0.39 is 29.7 Å². The number of imide groups is 2. The zero-order valence-corrected chi connectivity index (χ0v) is 35.7. The first-order valence-corrected chi connectivity index (χ1v) is 21.7. The minimum Gasteiger partial charge on any atom is -0.383 e. The van der Waals surface area contributed by atoms with Gasteiger partial charge >= 0.3 is 0 Å². The van der Waals surface area contributed by atoms with Gasteiger partial charge in [0.25, 0.3) is 17.4 Å². The molecule has 1 aromatic carbocycles. The van der Waals surface area contributed by atoms with Crippen molar-refractivity contribution in [3.05, 3.63) is 87.2 Å². The molecule has 3 aliphatic heterocycles. The molecule has 0 bridgehead atoms. The number of nitrogens with zero attached hydrogens (tertiary/aromatic N) is 10. The maximum Gasteiger partial charge on any atom is 0.263 e. The summed E-state index contributed by atoms with van der Waals surface area (Å²) in [5.41, 5.74) is 4.02. The second-order valence-electron chi connectivity index (χ2n) is 16.6. The van der Waals surface area contributed by atoms with Gasteiger partial charge in [-0.1, -0.05) is 18.1 Å². The normalized spacial score (nSPS) is 18.2. The van der Waals surface area contributed by atoms with Crippen LogP contribution in [0.3, 0.4) is 0 Å². The van der Waals surface area contributed by atoms with E-state index >= 15 is 0 Å². The lowest BCUT2D eigenvalue weighted by Gasteiger charge is -2.35. The van der Waals surface area contributed by atoms with Gasteiger partial charge in [0, 0.05) is 75.2 Å². The van der Waals surface area contributed by atoms with Crippen molar-refractivity contribution in [2.45, 2.75) is 77.5 Å². The number of carbonyl (C=O) groups excluding carboxylic acids is 5. The molecule has 3 N–H and O–H groups in total. The van der Waals surface area contributed by atoms with E-state index in [1.165, 1.54) is 6.92 Å². The number of amides is 4. The Balaban J connectivity index is 0.706. The van der Waals surface area contributed by atoms with Gasteiger partial charge in [-0.05, 0) is 69.0 Å². The summed E-state index contributed by atoms with van der Waals surface area (Å²) in [6, 6.07) is 7.78. The number of piperidine rings is 1. The van der Waals surface area contributed by atoms with E-state index in [4.69, 9.17) is 9.72 Å². The van der Waals surface area contributed by atoms with Gasteiger partial charge in [-0.2, -0.15) is 4.98 Å². The Morgan fingerprint density at radius 3 is 2.47 bits per heavy atom. The maximum absolute atomic E-state index is 13.6. The van der Waals surface area contributed by atoms with Crippen LogP contribution in [0.1, 0.15) is 93.8 Å². The van der Waals surface area contributed by atoms with Gasteiger partial charge in [0.15, 0.2) is 5.78 Å². The summed E-state index contributed by atoms with van der Waals surface area (Å²) in [6.45, 7) is 9.01. The third kappa shape index (κ3) is 8.57. The zero-order chi connectivity index (χ0) is 44.5. The van der Waals surface area contributed by atoms with Crippen molar-refractivity contribution < 1.29 is 28.7 Å². The fraction of sp³-hybridized carbons (Fsp3) is 0.432. The molecule has 1 saturated carbocycles. The van der Waals surface area contributed by atoms with Gasteiger partial charge in [0.1, 0.15) is 17.5 Å². The topological polar surface area (TPSA) is 232 Å². The number of fused-ring (bicyclic) bond motifs is 2. The second-order valence-corrected chi connectivity index (χ2v) is 16.6. The van der Waals surface area contributed by atoms with Crippen LogP contribution < -0.4 is 26.4 Å². The first-order valence-electron chi connectivity index (χ1n) is 21.7. The van der Waals surface area contributed by atoms with E-state index in [-0.39, 0.29) is 46.9 Å². The number of anilines is 4. The molecular weight excluding hydrogens is 823 g/mol. The minimum atomic E-state index is -1.01. The Kier molecular flexibility index (Phi) is 11.9. The minimum absolute atomic E-state index is 0.00116. The Morgan fingerprint density at radius 1 is 0.922 bits per heavy atom. The Bertz CT molecular complexity index is 2700. The van der Waals surface area contributed by atoms with E-state index in [1.54, 1.807) is 40.6 Å². The number of aromatic nitrogens is 7. The summed E-state index contributed by atoms with van der Waals surface area (Å²) in [4.78, 5) is 95.5. The highest BCUT2D eigenvalue weighted by molar-refractivity contribution is 6.23. The number of benzene rings is 1. The smallest absolute Gasteiger partial charge is 0.263 e. The number of pyridine rings is 2. The highest BCUT2D eigenvalue weighted by atomic mass is 16.5. The highest BCUT2D eigenvalue weighted by Gasteiger charge is 2.44. The van der Waals surface area contributed by atoms with Crippen LogP contribution in [-0.4, -0.2) is 126 Å². The SMILES string of the molecule is CC(=O)c1c(C)c2cnc(Nc3ccc(N4CCN(Cc5cn(CCOCCNc6ccc7c(c6)C(=O)N(C6CCC(=O)NC6=O)C7=O)nn5)CC4)cn3)nc2n(C2CCCC2)c1=O. The lowest BCUT2D eigenvalue weighted by atomic mass is 10.0. The average Bonchev–Trinajstić information content (AvgIpc) is 4.03. The summed E-state index contributed by atoms with van der Waals surface area (Å²) in [5.74, 6) is -1.49. The Labute approximate surface area is 367 Å². The molecule has 0 radical (unpaired) electrons. The van der Waals surface area contributed by atoms with Crippen molar-refractivity contribution in [1.29, 1.82) is 0 Å². The molecule has 3 fully saturated rings. The number of ether oxygens (including phenoxy) is 1. The fourth-order valence-corrected chi connectivity index (χ4v) is 9.09. The van der Waals surface area contributed by atoms with Crippen molar-refractivity contribution in [3.63, 3.8) is 0 Å². The molecule has 20 heteroatoms. The molecule has 64 heavy (non-hydrogen) atoms. The van der Waals surface area contributed by atoms with Crippen LogP contribution in [0.15, 0.2) is 53.7 Å². The number of aryl methyl sites for hydroxylation is 1. The number of nitrogens with one attached hydrogen (secondary N) is 3. The van der Waals surface area contributed by atoms with Crippen molar-refractivity contribution in [2.24, 2.45) is 0 Å². The predicted octanol–water partition coefficient (Wildman–Crippen LogP) is 3.00. The number of ketones is 1. The van der Waals surface area contributed by atoms with Crippen LogP contribution in [0.2, 0.25) is 0 Å². The van der Waals surface area contributed by atoms with Gasteiger partial charge < -0.3 is 20.3 Å². The molecule has 1 aliphatic carbocycles. The van der Waals surface area contributed by atoms with E-state index in [1.807, 2.05) is 24.5 Å². The molecule has 4 aromatic heterocycles. The molecule has 1 unspecified atom stereocenters. The summed E-state index contributed by atoms with van der Waals surface area (Å²) in [7, 11) is 0. The number of piperazine rings is 1. The molecular formula is C44H49N13O7. The molecule has 7 heterocycles. The van der Waals surface area contributed by atoms with Crippen LogP contribution in [0.25, 0.3) is 11.0 Å². The third-order valence-electron chi connectivity index (χ3n) is 12.4. The van der Waals surface area contributed by atoms with Gasteiger partial charge in [0.05, 0.1) is 54.0 Å². The van der Waals surface area contributed by atoms with Crippen LogP contribution in [0.5, 0.6) is 0 Å². The fourth-order valence-electron chi connectivity index (χ4n) is 9.09. The number of Topliss-reactive ketones (excluding diaryl/α,β-unsaturated/α-hetero) is 1. The summed E-state index contributed by atoms with van der Waals surface area (Å²) < 4.78 is 9.28. The highest BCUT2D eigenvalue weighted by Crippen LogP contribution is 2.33. The first-order chi connectivity index (χ1) is 31.0. The largest absolute Gasteiger partial charge is 0.383 e. The molecule has 332 valence electrons. The van der Waals surface area contributed by atoms with E-state index in [9.17, 15) is 28.8 Å². The molecule has 0 spiro atoms. The molecule has 1 atom stereocenters. The van der Waals surface area contributed by atoms with Crippen molar-refractivity contribution >= 4 is 63.6 Å². The Morgan fingerprint density at radius 2 is 1.72 bits per heavy atom. The van der Waals surface area contributed by atoms with E-state index in [0.717, 1.165) is 68.1 Å². The molecule has 4 amide bonds.